The first-order valence-electron chi connectivity index (χ1n) is 6.63. The van der Waals surface area contributed by atoms with Crippen LogP contribution >= 0.6 is 11.3 Å². The molecule has 1 aromatic heterocycles. The largest absolute Gasteiger partial charge is 0.326 e. The van der Waals surface area contributed by atoms with Crippen LogP contribution in [0.5, 0.6) is 0 Å². The van der Waals surface area contributed by atoms with E-state index in [4.69, 9.17) is 5.73 Å². The monoisotopic (exact) mass is 252 g/mol. The van der Waals surface area contributed by atoms with E-state index in [1.807, 2.05) is 0 Å². The Labute approximate surface area is 109 Å². The van der Waals surface area contributed by atoms with Gasteiger partial charge in [-0.25, -0.2) is 0 Å². The van der Waals surface area contributed by atoms with Crippen LogP contribution in [0, 0.1) is 5.92 Å². The third-order valence-corrected chi connectivity index (χ3v) is 4.61. The van der Waals surface area contributed by atoms with Crippen LogP contribution < -0.4 is 5.73 Å². The van der Waals surface area contributed by atoms with Gasteiger partial charge >= 0.3 is 0 Å². The van der Waals surface area contributed by atoms with Gasteiger partial charge in [-0.2, -0.15) is 11.3 Å². The molecule has 1 aliphatic heterocycles. The second-order valence-corrected chi connectivity index (χ2v) is 6.37. The highest BCUT2D eigenvalue weighted by molar-refractivity contribution is 7.07. The minimum absolute atomic E-state index is 0.192. The van der Waals surface area contributed by atoms with E-state index in [0.29, 0.717) is 12.1 Å². The second kappa shape index (κ2) is 5.51. The summed E-state index contributed by atoms with van der Waals surface area (Å²) in [5.41, 5.74) is 7.62. The number of piperidine rings is 1. The molecule has 0 spiro atoms. The molecular formula is C14H24N2S. The topological polar surface area (TPSA) is 29.3 Å². The summed E-state index contributed by atoms with van der Waals surface area (Å²) in [6, 6.07) is 3.46. The minimum Gasteiger partial charge on any atom is -0.326 e. The van der Waals surface area contributed by atoms with Crippen molar-refractivity contribution >= 4 is 11.3 Å². The average molecular weight is 252 g/mol. The molecular weight excluding hydrogens is 228 g/mol. The fourth-order valence-electron chi connectivity index (χ4n) is 2.95. The van der Waals surface area contributed by atoms with Gasteiger partial charge in [0.2, 0.25) is 0 Å². The number of rotatable bonds is 3. The fourth-order valence-corrected chi connectivity index (χ4v) is 3.64. The van der Waals surface area contributed by atoms with Crippen LogP contribution in [0.15, 0.2) is 16.8 Å². The first-order valence-corrected chi connectivity index (χ1v) is 7.57. The number of thiophene rings is 1. The summed E-state index contributed by atoms with van der Waals surface area (Å²) in [6.45, 7) is 8.01. The van der Waals surface area contributed by atoms with E-state index in [0.717, 1.165) is 5.92 Å². The molecule has 0 saturated carbocycles. The third-order valence-electron chi connectivity index (χ3n) is 3.91. The predicted molar refractivity (Wildman–Crippen MR) is 75.3 cm³/mol. The molecule has 2 heterocycles. The molecule has 0 radical (unpaired) electrons. The van der Waals surface area contributed by atoms with E-state index < -0.39 is 0 Å². The van der Waals surface area contributed by atoms with Gasteiger partial charge in [0.25, 0.3) is 0 Å². The van der Waals surface area contributed by atoms with Gasteiger partial charge in [0.05, 0.1) is 6.04 Å². The van der Waals surface area contributed by atoms with Crippen molar-refractivity contribution in [2.75, 3.05) is 6.54 Å². The minimum atomic E-state index is 0.192. The third kappa shape index (κ3) is 2.90. The number of nitrogens with zero attached hydrogens (tertiary/aromatic N) is 1. The fraction of sp³-hybridized carbons (Fsp3) is 0.714. The Bertz CT molecular complexity index is 334. The van der Waals surface area contributed by atoms with Gasteiger partial charge in [-0.05, 0) is 55.0 Å². The molecule has 96 valence electrons. The van der Waals surface area contributed by atoms with Crippen molar-refractivity contribution in [2.45, 2.75) is 51.7 Å². The molecule has 0 bridgehead atoms. The molecule has 17 heavy (non-hydrogen) atoms. The summed E-state index contributed by atoms with van der Waals surface area (Å²) in [5.74, 6) is 0.797. The highest BCUT2D eigenvalue weighted by atomic mass is 32.1. The van der Waals surface area contributed by atoms with Crippen LogP contribution in [-0.4, -0.2) is 23.5 Å². The highest BCUT2D eigenvalue weighted by Crippen LogP contribution is 2.33. The average Bonchev–Trinajstić information content (AvgIpc) is 2.76. The molecule has 4 unspecified atom stereocenters. The zero-order valence-corrected chi connectivity index (χ0v) is 11.9. The summed E-state index contributed by atoms with van der Waals surface area (Å²) in [6.07, 6.45) is 2.65. The lowest BCUT2D eigenvalue weighted by atomic mass is 9.90. The molecule has 4 atom stereocenters. The zero-order chi connectivity index (χ0) is 12.4. The van der Waals surface area contributed by atoms with Crippen LogP contribution in [0.4, 0.5) is 0 Å². The summed E-state index contributed by atoms with van der Waals surface area (Å²) in [5, 5.41) is 4.41. The van der Waals surface area contributed by atoms with Crippen LogP contribution in [0.25, 0.3) is 0 Å². The first kappa shape index (κ1) is 13.1. The lowest BCUT2D eigenvalue weighted by Gasteiger charge is -2.43. The van der Waals surface area contributed by atoms with Crippen molar-refractivity contribution in [1.82, 2.24) is 4.90 Å². The Morgan fingerprint density at radius 1 is 1.41 bits per heavy atom. The molecule has 0 aromatic carbocycles. The zero-order valence-electron chi connectivity index (χ0n) is 11.1. The van der Waals surface area contributed by atoms with Crippen molar-refractivity contribution in [1.29, 1.82) is 0 Å². The molecule has 1 saturated heterocycles. The quantitative estimate of drug-likeness (QED) is 0.894. The smallest absolute Gasteiger partial charge is 0.0507 e. The van der Waals surface area contributed by atoms with Gasteiger partial charge in [0.1, 0.15) is 0 Å². The lowest BCUT2D eigenvalue weighted by Crippen LogP contribution is -2.48. The molecule has 2 nitrogen and oxygen atoms in total. The van der Waals surface area contributed by atoms with Crippen LogP contribution in [0.2, 0.25) is 0 Å². The molecule has 2 rings (SSSR count). The van der Waals surface area contributed by atoms with Crippen molar-refractivity contribution in [3.8, 4) is 0 Å². The van der Waals surface area contributed by atoms with Gasteiger partial charge in [-0.1, -0.05) is 6.92 Å². The van der Waals surface area contributed by atoms with Crippen molar-refractivity contribution in [3.63, 3.8) is 0 Å². The molecule has 2 N–H and O–H groups in total. The molecule has 1 aliphatic rings. The first-order chi connectivity index (χ1) is 8.09. The van der Waals surface area contributed by atoms with Crippen molar-refractivity contribution in [3.05, 3.63) is 22.4 Å². The maximum atomic E-state index is 6.23. The normalized spacial score (nSPS) is 30.1. The Hall–Kier alpha value is -0.380. The maximum absolute atomic E-state index is 6.23. The van der Waals surface area contributed by atoms with Crippen LogP contribution in [0.3, 0.4) is 0 Å². The van der Waals surface area contributed by atoms with Gasteiger partial charge in [0.15, 0.2) is 0 Å². The van der Waals surface area contributed by atoms with Gasteiger partial charge < -0.3 is 5.73 Å². The number of likely N-dealkylation sites (tertiary alicyclic amines) is 1. The molecule has 3 heteroatoms. The number of hydrogen-bond donors (Lipinski definition) is 1. The summed E-state index contributed by atoms with van der Waals surface area (Å²) in [4.78, 5) is 2.61. The van der Waals surface area contributed by atoms with Gasteiger partial charge in [0, 0.05) is 18.6 Å². The second-order valence-electron chi connectivity index (χ2n) is 5.59. The van der Waals surface area contributed by atoms with E-state index >= 15 is 0 Å². The number of hydrogen-bond acceptors (Lipinski definition) is 3. The molecule has 0 amide bonds. The van der Waals surface area contributed by atoms with Gasteiger partial charge in [-0.15, -0.1) is 0 Å². The Morgan fingerprint density at radius 3 is 2.76 bits per heavy atom. The van der Waals surface area contributed by atoms with E-state index in [-0.39, 0.29) is 6.04 Å². The number of nitrogens with two attached hydrogens (primary N) is 1. The SMILES string of the molecule is CC1CCC(C)N(C(c2ccsc2)C(C)N)C1. The van der Waals surface area contributed by atoms with E-state index in [1.54, 1.807) is 11.3 Å². The van der Waals surface area contributed by atoms with Crippen LogP contribution in [-0.2, 0) is 0 Å². The van der Waals surface area contributed by atoms with E-state index in [1.165, 1.54) is 24.9 Å². The van der Waals surface area contributed by atoms with Crippen molar-refractivity contribution in [2.24, 2.45) is 11.7 Å². The standard InChI is InChI=1S/C14H24N2S/c1-10-4-5-11(2)16(8-10)14(12(3)15)13-6-7-17-9-13/h6-7,9-12,14H,4-5,8,15H2,1-3H3. The Balaban J connectivity index is 2.20. The van der Waals surface area contributed by atoms with Crippen LogP contribution in [0.1, 0.15) is 45.2 Å². The molecule has 0 aliphatic carbocycles. The van der Waals surface area contributed by atoms with E-state index in [9.17, 15) is 0 Å². The predicted octanol–water partition coefficient (Wildman–Crippen LogP) is 3.26. The summed E-state index contributed by atoms with van der Waals surface area (Å²) < 4.78 is 0. The summed E-state index contributed by atoms with van der Waals surface area (Å²) >= 11 is 1.77. The molecule has 1 fully saturated rings. The van der Waals surface area contributed by atoms with Gasteiger partial charge in [-0.3, -0.25) is 4.90 Å². The van der Waals surface area contributed by atoms with Crippen molar-refractivity contribution < 1.29 is 0 Å². The Kier molecular flexibility index (Phi) is 4.23. The maximum Gasteiger partial charge on any atom is 0.0507 e. The summed E-state index contributed by atoms with van der Waals surface area (Å²) in [7, 11) is 0. The molecule has 1 aromatic rings. The lowest BCUT2D eigenvalue weighted by molar-refractivity contribution is 0.0662. The Morgan fingerprint density at radius 2 is 2.18 bits per heavy atom. The highest BCUT2D eigenvalue weighted by Gasteiger charge is 2.32. The van der Waals surface area contributed by atoms with E-state index in [2.05, 4.69) is 42.5 Å².